The minimum absolute atomic E-state index is 0.0548. The van der Waals surface area contributed by atoms with Crippen LogP contribution in [0.1, 0.15) is 46.1 Å². The van der Waals surface area contributed by atoms with E-state index in [1.165, 1.54) is 24.0 Å². The molecule has 1 atom stereocenters. The van der Waals surface area contributed by atoms with Crippen molar-refractivity contribution >= 4 is 5.91 Å². The number of methoxy groups -OCH3 is 2. The molecule has 33 heavy (non-hydrogen) atoms. The molecule has 3 aromatic rings. The number of nitrogens with one attached hydrogen (secondary N) is 1. The van der Waals surface area contributed by atoms with Gasteiger partial charge in [0.05, 0.1) is 20.3 Å². The van der Waals surface area contributed by atoms with Crippen molar-refractivity contribution in [1.82, 2.24) is 15.4 Å². The van der Waals surface area contributed by atoms with Crippen LogP contribution in [0.4, 0.5) is 0 Å². The van der Waals surface area contributed by atoms with E-state index in [2.05, 4.69) is 22.6 Å². The lowest BCUT2D eigenvalue weighted by Crippen LogP contribution is -2.34. The van der Waals surface area contributed by atoms with Crippen molar-refractivity contribution in [2.24, 2.45) is 0 Å². The highest BCUT2D eigenvalue weighted by Crippen LogP contribution is 2.31. The number of likely N-dealkylation sites (N-methyl/N-ethyl adjacent to an activating group) is 1. The lowest BCUT2D eigenvalue weighted by Gasteiger charge is -2.25. The van der Waals surface area contributed by atoms with Gasteiger partial charge in [-0.1, -0.05) is 23.4 Å². The predicted octanol–water partition coefficient (Wildman–Crippen LogP) is 4.27. The third-order valence-corrected chi connectivity index (χ3v) is 6.25. The SMILES string of the molecule is COc1ccc([C@@H](CNC(=O)c2cc(-c3ccc4c(c3)CCCC4)on2)N(C)C)cc1OC. The summed E-state index contributed by atoms with van der Waals surface area (Å²) in [5, 5.41) is 7.00. The Labute approximate surface area is 194 Å². The van der Waals surface area contributed by atoms with Crippen molar-refractivity contribution in [3.63, 3.8) is 0 Å². The Hall–Kier alpha value is -3.32. The smallest absolute Gasteiger partial charge is 0.273 e. The van der Waals surface area contributed by atoms with Crippen LogP contribution >= 0.6 is 0 Å². The number of ether oxygens (including phenoxy) is 2. The lowest BCUT2D eigenvalue weighted by atomic mass is 9.90. The largest absolute Gasteiger partial charge is 0.493 e. The summed E-state index contributed by atoms with van der Waals surface area (Å²) >= 11 is 0. The normalized spacial score (nSPS) is 14.0. The second-order valence-corrected chi connectivity index (χ2v) is 8.57. The number of carbonyl (C=O) groups excluding carboxylic acids is 1. The van der Waals surface area contributed by atoms with Gasteiger partial charge in [-0.2, -0.15) is 0 Å². The summed E-state index contributed by atoms with van der Waals surface area (Å²) in [5.41, 5.74) is 5.01. The fraction of sp³-hybridized carbons (Fsp3) is 0.385. The Morgan fingerprint density at radius 1 is 1.03 bits per heavy atom. The zero-order chi connectivity index (χ0) is 23.4. The van der Waals surface area contributed by atoms with Gasteiger partial charge in [0.15, 0.2) is 23.0 Å². The highest BCUT2D eigenvalue weighted by atomic mass is 16.5. The van der Waals surface area contributed by atoms with Crippen LogP contribution in [-0.4, -0.2) is 50.8 Å². The standard InChI is InChI=1S/C26H31N3O4/c1-29(2)22(19-11-12-23(31-3)25(14-19)32-4)16-27-26(30)21-15-24(33-28-21)20-10-9-17-7-5-6-8-18(17)13-20/h9-15,22H,5-8,16H2,1-4H3,(H,27,30)/t22-/m1/s1. The van der Waals surface area contributed by atoms with Gasteiger partial charge in [0.25, 0.3) is 5.91 Å². The maximum absolute atomic E-state index is 12.8. The first kappa shape index (κ1) is 22.9. The molecule has 0 aliphatic heterocycles. The van der Waals surface area contributed by atoms with Gasteiger partial charge in [0.1, 0.15) is 0 Å². The maximum atomic E-state index is 12.8. The molecule has 1 aliphatic rings. The third kappa shape index (κ3) is 5.03. The fourth-order valence-electron chi connectivity index (χ4n) is 4.34. The molecule has 174 valence electrons. The lowest BCUT2D eigenvalue weighted by molar-refractivity contribution is 0.0933. The Kier molecular flexibility index (Phi) is 6.99. The number of rotatable bonds is 8. The fourth-order valence-corrected chi connectivity index (χ4v) is 4.34. The van der Waals surface area contributed by atoms with Crippen molar-refractivity contribution in [3.8, 4) is 22.8 Å². The van der Waals surface area contributed by atoms with Crippen LogP contribution < -0.4 is 14.8 Å². The van der Waals surface area contributed by atoms with Gasteiger partial charge in [-0.05, 0) is 74.7 Å². The predicted molar refractivity (Wildman–Crippen MR) is 127 cm³/mol. The van der Waals surface area contributed by atoms with Gasteiger partial charge in [-0.15, -0.1) is 0 Å². The number of hydrogen-bond donors (Lipinski definition) is 1. The minimum Gasteiger partial charge on any atom is -0.493 e. The topological polar surface area (TPSA) is 76.8 Å². The van der Waals surface area contributed by atoms with E-state index >= 15 is 0 Å². The summed E-state index contributed by atoms with van der Waals surface area (Å²) in [6, 6.07) is 13.8. The summed E-state index contributed by atoms with van der Waals surface area (Å²) in [7, 11) is 7.16. The molecule has 1 aliphatic carbocycles. The zero-order valence-electron chi connectivity index (χ0n) is 19.7. The number of aromatic nitrogens is 1. The number of fused-ring (bicyclic) bond motifs is 1. The second kappa shape index (κ2) is 10.1. The monoisotopic (exact) mass is 449 g/mol. The molecule has 1 amide bonds. The molecule has 7 nitrogen and oxygen atoms in total. The number of aryl methyl sites for hydroxylation is 2. The van der Waals surface area contributed by atoms with E-state index in [4.69, 9.17) is 14.0 Å². The molecule has 0 unspecified atom stereocenters. The average molecular weight is 450 g/mol. The minimum atomic E-state index is -0.268. The molecule has 2 aromatic carbocycles. The van der Waals surface area contributed by atoms with Crippen molar-refractivity contribution < 1.29 is 18.8 Å². The van der Waals surface area contributed by atoms with E-state index in [1.54, 1.807) is 20.3 Å². The first-order valence-electron chi connectivity index (χ1n) is 11.3. The van der Waals surface area contributed by atoms with Crippen molar-refractivity contribution in [2.45, 2.75) is 31.7 Å². The average Bonchev–Trinajstić information content (AvgIpc) is 3.34. The van der Waals surface area contributed by atoms with Crippen LogP contribution in [0.3, 0.4) is 0 Å². The Morgan fingerprint density at radius 3 is 2.52 bits per heavy atom. The van der Waals surface area contributed by atoms with Gasteiger partial charge in [0, 0.05) is 18.2 Å². The molecular weight excluding hydrogens is 418 g/mol. The van der Waals surface area contributed by atoms with E-state index in [0.29, 0.717) is 23.8 Å². The second-order valence-electron chi connectivity index (χ2n) is 8.57. The molecule has 1 N–H and O–H groups in total. The molecule has 0 fully saturated rings. The molecule has 7 heteroatoms. The molecule has 1 heterocycles. The van der Waals surface area contributed by atoms with Crippen LogP contribution in [0, 0.1) is 0 Å². The van der Waals surface area contributed by atoms with Gasteiger partial charge in [-0.3, -0.25) is 4.79 Å². The van der Waals surface area contributed by atoms with Gasteiger partial charge < -0.3 is 24.2 Å². The number of nitrogens with zero attached hydrogens (tertiary/aromatic N) is 2. The van der Waals surface area contributed by atoms with Gasteiger partial charge in [-0.25, -0.2) is 0 Å². The van der Waals surface area contributed by atoms with E-state index in [-0.39, 0.29) is 17.6 Å². The van der Waals surface area contributed by atoms with Crippen LogP contribution in [0.2, 0.25) is 0 Å². The Morgan fingerprint density at radius 2 is 1.79 bits per heavy atom. The number of benzene rings is 2. The quantitative estimate of drug-likeness (QED) is 0.553. The number of amides is 1. The van der Waals surface area contributed by atoms with E-state index < -0.39 is 0 Å². The van der Waals surface area contributed by atoms with Crippen molar-refractivity contribution in [1.29, 1.82) is 0 Å². The highest BCUT2D eigenvalue weighted by molar-refractivity contribution is 5.93. The Bertz CT molecular complexity index is 1120. The molecule has 0 bridgehead atoms. The first-order chi connectivity index (χ1) is 16.0. The summed E-state index contributed by atoms with van der Waals surface area (Å²) in [4.78, 5) is 14.9. The molecule has 0 saturated carbocycles. The summed E-state index contributed by atoms with van der Waals surface area (Å²) in [6.45, 7) is 0.405. The number of hydrogen-bond acceptors (Lipinski definition) is 6. The van der Waals surface area contributed by atoms with E-state index in [1.807, 2.05) is 43.3 Å². The summed E-state index contributed by atoms with van der Waals surface area (Å²) < 4.78 is 16.3. The number of carbonyl (C=O) groups is 1. The first-order valence-corrected chi connectivity index (χ1v) is 11.3. The van der Waals surface area contributed by atoms with Crippen LogP contribution in [0.25, 0.3) is 11.3 Å². The molecule has 0 saturated heterocycles. The summed E-state index contributed by atoms with van der Waals surface area (Å²) in [6.07, 6.45) is 4.68. The summed E-state index contributed by atoms with van der Waals surface area (Å²) in [5.74, 6) is 1.66. The zero-order valence-corrected chi connectivity index (χ0v) is 19.7. The third-order valence-electron chi connectivity index (χ3n) is 6.25. The molecule has 0 spiro atoms. The van der Waals surface area contributed by atoms with Crippen LogP contribution in [0.5, 0.6) is 11.5 Å². The van der Waals surface area contributed by atoms with E-state index in [9.17, 15) is 4.79 Å². The molecular formula is C26H31N3O4. The molecule has 1 aromatic heterocycles. The highest BCUT2D eigenvalue weighted by Gasteiger charge is 2.20. The van der Waals surface area contributed by atoms with Gasteiger partial charge >= 0.3 is 0 Å². The van der Waals surface area contributed by atoms with Crippen LogP contribution in [-0.2, 0) is 12.8 Å². The van der Waals surface area contributed by atoms with Crippen molar-refractivity contribution in [2.75, 3.05) is 34.9 Å². The molecule has 0 radical (unpaired) electrons. The van der Waals surface area contributed by atoms with Crippen molar-refractivity contribution in [3.05, 3.63) is 64.8 Å². The van der Waals surface area contributed by atoms with E-state index in [0.717, 1.165) is 24.0 Å². The van der Waals surface area contributed by atoms with Gasteiger partial charge in [0.2, 0.25) is 0 Å². The molecule has 4 rings (SSSR count). The Balaban J connectivity index is 1.45. The van der Waals surface area contributed by atoms with Crippen LogP contribution in [0.15, 0.2) is 47.0 Å². The maximum Gasteiger partial charge on any atom is 0.273 e.